The first-order chi connectivity index (χ1) is 6.57. The molecule has 0 bridgehead atoms. The van der Waals surface area contributed by atoms with E-state index in [0.29, 0.717) is 6.61 Å². The normalized spacial score (nSPS) is 32.6. The summed E-state index contributed by atoms with van der Waals surface area (Å²) in [4.78, 5) is 13.6. The van der Waals surface area contributed by atoms with Gasteiger partial charge in [-0.3, -0.25) is 9.69 Å². The molecule has 0 amide bonds. The number of esters is 1. The largest absolute Gasteiger partial charge is 0.465 e. The highest BCUT2D eigenvalue weighted by Crippen LogP contribution is 2.34. The maximum atomic E-state index is 11.7. The molecule has 1 aliphatic rings. The molecule has 1 heterocycles. The number of nitrogens with zero attached hydrogens (tertiary/aromatic N) is 2. The van der Waals surface area contributed by atoms with E-state index >= 15 is 0 Å². The fourth-order valence-corrected chi connectivity index (χ4v) is 1.87. The molecule has 14 heavy (non-hydrogen) atoms. The molecule has 1 aliphatic heterocycles. The number of rotatable bonds is 2. The molecule has 0 saturated carbocycles. The molecule has 0 N–H and O–H groups in total. The molecule has 4 nitrogen and oxygen atoms in total. The van der Waals surface area contributed by atoms with Crippen molar-refractivity contribution in [1.82, 2.24) is 4.90 Å². The van der Waals surface area contributed by atoms with Crippen LogP contribution in [-0.4, -0.2) is 36.6 Å². The Kier molecular flexibility index (Phi) is 3.12. The Bertz CT molecular complexity index is 272. The van der Waals surface area contributed by atoms with E-state index in [1.807, 2.05) is 11.9 Å². The summed E-state index contributed by atoms with van der Waals surface area (Å²) in [5.74, 6) is -0.543. The molecule has 1 rings (SSSR count). The summed E-state index contributed by atoms with van der Waals surface area (Å²) in [5, 5.41) is 8.95. The van der Waals surface area contributed by atoms with Crippen LogP contribution in [0.25, 0.3) is 0 Å². The second-order valence-corrected chi connectivity index (χ2v) is 3.76. The van der Waals surface area contributed by atoms with Crippen molar-refractivity contribution < 1.29 is 9.53 Å². The lowest BCUT2D eigenvalue weighted by atomic mass is 9.88. The molecule has 0 aromatic rings. The van der Waals surface area contributed by atoms with E-state index < -0.39 is 5.54 Å². The van der Waals surface area contributed by atoms with Gasteiger partial charge in [-0.1, -0.05) is 0 Å². The Labute approximate surface area is 84.4 Å². The summed E-state index contributed by atoms with van der Waals surface area (Å²) in [6.45, 7) is 4.69. The zero-order valence-electron chi connectivity index (χ0n) is 8.91. The maximum Gasteiger partial charge on any atom is 0.327 e. The van der Waals surface area contributed by atoms with Crippen molar-refractivity contribution in [3.05, 3.63) is 0 Å². The van der Waals surface area contributed by atoms with Gasteiger partial charge >= 0.3 is 5.97 Å². The summed E-state index contributed by atoms with van der Waals surface area (Å²) >= 11 is 0. The standard InChI is InChI=1S/C10H16N2O2/c1-4-14-9(13)10(2)8(7-11)5-6-12(10)3/h8H,4-6H2,1-3H3/t8-,10+/m0/s1. The number of carbonyl (C=O) groups excluding carboxylic acids is 1. The average molecular weight is 196 g/mol. The molecular weight excluding hydrogens is 180 g/mol. The van der Waals surface area contributed by atoms with Crippen LogP contribution in [0, 0.1) is 17.2 Å². The van der Waals surface area contributed by atoms with Gasteiger partial charge in [0.25, 0.3) is 0 Å². The highest BCUT2D eigenvalue weighted by atomic mass is 16.5. The third-order valence-corrected chi connectivity index (χ3v) is 3.07. The summed E-state index contributed by atoms with van der Waals surface area (Å²) in [5.41, 5.74) is -0.759. The first-order valence-corrected chi connectivity index (χ1v) is 4.85. The van der Waals surface area contributed by atoms with Crippen LogP contribution >= 0.6 is 0 Å². The molecule has 0 unspecified atom stereocenters. The first-order valence-electron chi connectivity index (χ1n) is 4.85. The number of ether oxygens (including phenoxy) is 1. The van der Waals surface area contributed by atoms with Crippen LogP contribution in [0.15, 0.2) is 0 Å². The first kappa shape index (κ1) is 11.0. The van der Waals surface area contributed by atoms with Gasteiger partial charge in [0.15, 0.2) is 0 Å². The van der Waals surface area contributed by atoms with Crippen molar-refractivity contribution in [1.29, 1.82) is 5.26 Å². The van der Waals surface area contributed by atoms with Crippen LogP contribution in [0.2, 0.25) is 0 Å². The third-order valence-electron chi connectivity index (χ3n) is 3.07. The Hall–Kier alpha value is -1.08. The molecule has 78 valence electrons. The number of hydrogen-bond acceptors (Lipinski definition) is 4. The SMILES string of the molecule is CCOC(=O)[C@@]1(C)[C@H](C#N)CCN1C. The van der Waals surface area contributed by atoms with Crippen molar-refractivity contribution in [2.75, 3.05) is 20.2 Å². The molecular formula is C10H16N2O2. The average Bonchev–Trinajstić information content (AvgIpc) is 2.45. The smallest absolute Gasteiger partial charge is 0.327 e. The number of hydrogen-bond donors (Lipinski definition) is 0. The Morgan fingerprint density at radius 3 is 2.93 bits per heavy atom. The Morgan fingerprint density at radius 2 is 2.43 bits per heavy atom. The Morgan fingerprint density at radius 1 is 1.79 bits per heavy atom. The molecule has 1 saturated heterocycles. The van der Waals surface area contributed by atoms with Gasteiger partial charge in [-0.2, -0.15) is 5.26 Å². The highest BCUT2D eigenvalue weighted by Gasteiger charge is 2.50. The molecule has 0 aromatic heterocycles. The van der Waals surface area contributed by atoms with Gasteiger partial charge in [-0.05, 0) is 27.3 Å². The van der Waals surface area contributed by atoms with Crippen LogP contribution in [-0.2, 0) is 9.53 Å². The van der Waals surface area contributed by atoms with Crippen LogP contribution in [0.4, 0.5) is 0 Å². The van der Waals surface area contributed by atoms with Crippen LogP contribution in [0.1, 0.15) is 20.3 Å². The van der Waals surface area contributed by atoms with Gasteiger partial charge in [-0.25, -0.2) is 0 Å². The molecule has 0 aliphatic carbocycles. The van der Waals surface area contributed by atoms with Gasteiger partial charge < -0.3 is 4.74 Å². The van der Waals surface area contributed by atoms with Gasteiger partial charge in [0.1, 0.15) is 5.54 Å². The van der Waals surface area contributed by atoms with Gasteiger partial charge in [0, 0.05) is 6.54 Å². The maximum absolute atomic E-state index is 11.7. The van der Waals surface area contributed by atoms with E-state index in [9.17, 15) is 4.79 Å². The van der Waals surface area contributed by atoms with Crippen molar-refractivity contribution in [2.24, 2.45) is 5.92 Å². The lowest BCUT2D eigenvalue weighted by molar-refractivity contribution is -0.155. The molecule has 0 spiro atoms. The summed E-state index contributed by atoms with van der Waals surface area (Å²) in [6.07, 6.45) is 0.738. The molecule has 4 heteroatoms. The second kappa shape index (κ2) is 3.97. The van der Waals surface area contributed by atoms with E-state index in [1.54, 1.807) is 13.8 Å². The predicted molar refractivity (Wildman–Crippen MR) is 51.4 cm³/mol. The van der Waals surface area contributed by atoms with Crippen LogP contribution in [0.3, 0.4) is 0 Å². The third kappa shape index (κ3) is 1.48. The van der Waals surface area contributed by atoms with E-state index in [1.165, 1.54) is 0 Å². The second-order valence-electron chi connectivity index (χ2n) is 3.76. The lowest BCUT2D eigenvalue weighted by Crippen LogP contribution is -2.50. The minimum Gasteiger partial charge on any atom is -0.465 e. The van der Waals surface area contributed by atoms with E-state index in [4.69, 9.17) is 10.00 Å². The number of likely N-dealkylation sites (N-methyl/N-ethyl adjacent to an activating group) is 1. The van der Waals surface area contributed by atoms with Gasteiger partial charge in [0.2, 0.25) is 0 Å². The predicted octanol–water partition coefficient (Wildman–Crippen LogP) is 0.783. The molecule has 1 fully saturated rings. The Balaban J connectivity index is 2.88. The molecule has 0 radical (unpaired) electrons. The highest BCUT2D eigenvalue weighted by molar-refractivity contribution is 5.81. The van der Waals surface area contributed by atoms with E-state index in [-0.39, 0.29) is 11.9 Å². The van der Waals surface area contributed by atoms with Crippen LogP contribution in [0.5, 0.6) is 0 Å². The lowest BCUT2D eigenvalue weighted by Gasteiger charge is -2.31. The van der Waals surface area contributed by atoms with Crippen molar-refractivity contribution >= 4 is 5.97 Å². The van der Waals surface area contributed by atoms with E-state index in [2.05, 4.69) is 6.07 Å². The number of nitriles is 1. The molecule has 0 aromatic carbocycles. The molecule has 2 atom stereocenters. The fraction of sp³-hybridized carbons (Fsp3) is 0.800. The van der Waals surface area contributed by atoms with Gasteiger partial charge in [-0.15, -0.1) is 0 Å². The minimum absolute atomic E-state index is 0.258. The monoisotopic (exact) mass is 196 g/mol. The number of carbonyl (C=O) groups is 1. The minimum atomic E-state index is -0.759. The zero-order valence-corrected chi connectivity index (χ0v) is 8.91. The van der Waals surface area contributed by atoms with Crippen molar-refractivity contribution in [3.63, 3.8) is 0 Å². The van der Waals surface area contributed by atoms with Gasteiger partial charge in [0.05, 0.1) is 18.6 Å². The summed E-state index contributed by atoms with van der Waals surface area (Å²) in [7, 11) is 1.86. The number of likely N-dealkylation sites (tertiary alicyclic amines) is 1. The zero-order chi connectivity index (χ0) is 10.8. The summed E-state index contributed by atoms with van der Waals surface area (Å²) in [6, 6.07) is 2.18. The quantitative estimate of drug-likeness (QED) is 0.612. The van der Waals surface area contributed by atoms with E-state index in [0.717, 1.165) is 13.0 Å². The fourth-order valence-electron chi connectivity index (χ4n) is 1.87. The van der Waals surface area contributed by atoms with Crippen LogP contribution < -0.4 is 0 Å². The van der Waals surface area contributed by atoms with Crippen molar-refractivity contribution in [2.45, 2.75) is 25.8 Å². The van der Waals surface area contributed by atoms with Crippen molar-refractivity contribution in [3.8, 4) is 6.07 Å². The topological polar surface area (TPSA) is 53.3 Å². The summed E-state index contributed by atoms with van der Waals surface area (Å²) < 4.78 is 5.00.